The molecule has 1 saturated carbocycles. The average Bonchev–Trinajstić information content (AvgIpc) is 2.67. The summed E-state index contributed by atoms with van der Waals surface area (Å²) < 4.78 is 39.4. The topological polar surface area (TPSA) is 41.1 Å². The molecule has 2 N–H and O–H groups in total. The number of alkyl halides is 3. The van der Waals surface area contributed by atoms with Gasteiger partial charge in [0.2, 0.25) is 5.91 Å². The third kappa shape index (κ3) is 4.22. The van der Waals surface area contributed by atoms with Crippen LogP contribution in [0.25, 0.3) is 0 Å². The molecule has 1 saturated heterocycles. The van der Waals surface area contributed by atoms with Gasteiger partial charge in [-0.2, -0.15) is 13.2 Å². The Hall–Kier alpha value is -1.56. The van der Waals surface area contributed by atoms with Crippen LogP contribution >= 0.6 is 0 Å². The molecule has 1 heterocycles. The molecule has 26 heavy (non-hydrogen) atoms. The van der Waals surface area contributed by atoms with Crippen molar-refractivity contribution < 1.29 is 18.0 Å². The van der Waals surface area contributed by atoms with E-state index in [4.69, 9.17) is 0 Å². The molecule has 2 fully saturated rings. The van der Waals surface area contributed by atoms with E-state index < -0.39 is 17.2 Å². The van der Waals surface area contributed by atoms with Crippen LogP contribution in [-0.4, -0.2) is 25.5 Å². The SMILES string of the molecule is O=C(NCC1CCCNC1)C1(c2cccc(C(F)(F)F)c2)CCCCC1. The number of rotatable bonds is 4. The fourth-order valence-corrected chi connectivity index (χ4v) is 4.30. The van der Waals surface area contributed by atoms with Crippen molar-refractivity contribution in [3.63, 3.8) is 0 Å². The first-order chi connectivity index (χ1) is 12.4. The van der Waals surface area contributed by atoms with Crippen molar-refractivity contribution in [2.24, 2.45) is 5.92 Å². The summed E-state index contributed by atoms with van der Waals surface area (Å²) in [6.07, 6.45) is 1.77. The average molecular weight is 368 g/mol. The number of benzene rings is 1. The molecule has 0 radical (unpaired) electrons. The third-order valence-corrected chi connectivity index (χ3v) is 5.83. The Kier molecular flexibility index (Phi) is 5.90. The Morgan fingerprint density at radius 3 is 2.62 bits per heavy atom. The highest BCUT2D eigenvalue weighted by Crippen LogP contribution is 2.41. The van der Waals surface area contributed by atoms with Crippen LogP contribution in [0.3, 0.4) is 0 Å². The lowest BCUT2D eigenvalue weighted by atomic mass is 9.68. The first kappa shape index (κ1) is 19.2. The van der Waals surface area contributed by atoms with Gasteiger partial charge in [-0.1, -0.05) is 37.5 Å². The van der Waals surface area contributed by atoms with Crippen LogP contribution in [0.2, 0.25) is 0 Å². The molecule has 1 unspecified atom stereocenters. The number of hydrogen-bond donors (Lipinski definition) is 2. The standard InChI is InChI=1S/C20H27F3N2O/c21-20(22,23)17-8-4-7-16(12-17)19(9-2-1-3-10-19)18(26)25-14-15-6-5-11-24-13-15/h4,7-8,12,15,24H,1-3,5-6,9-11,13-14H2,(H,25,26). The van der Waals surface area contributed by atoms with Crippen molar-refractivity contribution >= 4 is 5.91 Å². The van der Waals surface area contributed by atoms with E-state index in [1.807, 2.05) is 0 Å². The summed E-state index contributed by atoms with van der Waals surface area (Å²) in [7, 11) is 0. The van der Waals surface area contributed by atoms with E-state index in [1.165, 1.54) is 12.1 Å². The lowest BCUT2D eigenvalue weighted by Crippen LogP contribution is -2.48. The molecule has 1 aromatic rings. The smallest absolute Gasteiger partial charge is 0.355 e. The lowest BCUT2D eigenvalue weighted by Gasteiger charge is -2.37. The largest absolute Gasteiger partial charge is 0.416 e. The number of carbonyl (C=O) groups is 1. The maximum absolute atomic E-state index is 13.1. The molecule has 1 atom stereocenters. The minimum absolute atomic E-state index is 0.109. The first-order valence-electron chi connectivity index (χ1n) is 9.58. The van der Waals surface area contributed by atoms with Crippen molar-refractivity contribution in [2.45, 2.75) is 56.5 Å². The monoisotopic (exact) mass is 368 g/mol. The molecule has 0 bridgehead atoms. The lowest BCUT2D eigenvalue weighted by molar-refractivity contribution is -0.138. The van der Waals surface area contributed by atoms with Crippen molar-refractivity contribution in [1.82, 2.24) is 10.6 Å². The van der Waals surface area contributed by atoms with Crippen molar-refractivity contribution in [1.29, 1.82) is 0 Å². The molecule has 3 nitrogen and oxygen atoms in total. The zero-order valence-corrected chi connectivity index (χ0v) is 15.0. The van der Waals surface area contributed by atoms with Crippen LogP contribution in [0.15, 0.2) is 24.3 Å². The third-order valence-electron chi connectivity index (χ3n) is 5.83. The van der Waals surface area contributed by atoms with E-state index in [-0.39, 0.29) is 5.91 Å². The second-order valence-corrected chi connectivity index (χ2v) is 7.64. The fourth-order valence-electron chi connectivity index (χ4n) is 4.30. The highest BCUT2D eigenvalue weighted by atomic mass is 19.4. The molecule has 2 aliphatic rings. The number of amides is 1. The normalized spacial score (nSPS) is 23.4. The van der Waals surface area contributed by atoms with Crippen LogP contribution in [0.4, 0.5) is 13.2 Å². The number of halogens is 3. The summed E-state index contributed by atoms with van der Waals surface area (Å²) in [6, 6.07) is 5.36. The van der Waals surface area contributed by atoms with Crippen molar-refractivity contribution in [2.75, 3.05) is 19.6 Å². The van der Waals surface area contributed by atoms with Gasteiger partial charge in [-0.25, -0.2) is 0 Å². The van der Waals surface area contributed by atoms with Gasteiger partial charge in [-0.3, -0.25) is 4.79 Å². The zero-order chi connectivity index (χ0) is 18.6. The van der Waals surface area contributed by atoms with E-state index in [9.17, 15) is 18.0 Å². The van der Waals surface area contributed by atoms with E-state index >= 15 is 0 Å². The molecule has 6 heteroatoms. The van der Waals surface area contributed by atoms with Crippen LogP contribution < -0.4 is 10.6 Å². The van der Waals surface area contributed by atoms with Gasteiger partial charge in [0, 0.05) is 6.54 Å². The summed E-state index contributed by atoms with van der Waals surface area (Å²) in [5.41, 5.74) is -1.00. The summed E-state index contributed by atoms with van der Waals surface area (Å²) in [5.74, 6) is 0.289. The van der Waals surface area contributed by atoms with Crippen LogP contribution in [0, 0.1) is 5.92 Å². The molecular formula is C20H27F3N2O. The first-order valence-corrected chi connectivity index (χ1v) is 9.58. The highest BCUT2D eigenvalue weighted by Gasteiger charge is 2.42. The van der Waals surface area contributed by atoms with Gasteiger partial charge in [-0.05, 0) is 56.3 Å². The van der Waals surface area contributed by atoms with Crippen molar-refractivity contribution in [3.05, 3.63) is 35.4 Å². The van der Waals surface area contributed by atoms with E-state index in [0.29, 0.717) is 30.9 Å². The van der Waals surface area contributed by atoms with Crippen LogP contribution in [0.1, 0.15) is 56.1 Å². The Bertz CT molecular complexity index is 618. The summed E-state index contributed by atoms with van der Waals surface area (Å²) in [6.45, 7) is 2.49. The van der Waals surface area contributed by atoms with Gasteiger partial charge in [0.05, 0.1) is 11.0 Å². The van der Waals surface area contributed by atoms with Gasteiger partial charge in [0.15, 0.2) is 0 Å². The summed E-state index contributed by atoms with van der Waals surface area (Å²) in [5, 5.41) is 6.39. The molecule has 1 aliphatic carbocycles. The van der Waals surface area contributed by atoms with Gasteiger partial charge in [0.1, 0.15) is 0 Å². The van der Waals surface area contributed by atoms with Crippen LogP contribution in [-0.2, 0) is 16.4 Å². The molecule has 144 valence electrons. The molecule has 3 rings (SSSR count). The number of carbonyl (C=O) groups excluding carboxylic acids is 1. The minimum atomic E-state index is -4.39. The molecule has 0 spiro atoms. The predicted octanol–water partition coefficient (Wildman–Crippen LogP) is 4.02. The maximum atomic E-state index is 13.1. The predicted molar refractivity (Wildman–Crippen MR) is 94.8 cm³/mol. The Balaban J connectivity index is 1.80. The second kappa shape index (κ2) is 7.99. The van der Waals surface area contributed by atoms with Gasteiger partial charge in [0.25, 0.3) is 0 Å². The van der Waals surface area contributed by atoms with Gasteiger partial charge >= 0.3 is 6.18 Å². The maximum Gasteiger partial charge on any atom is 0.416 e. The van der Waals surface area contributed by atoms with Crippen molar-refractivity contribution in [3.8, 4) is 0 Å². The fraction of sp³-hybridized carbons (Fsp3) is 0.650. The minimum Gasteiger partial charge on any atom is -0.355 e. The summed E-state index contributed by atoms with van der Waals surface area (Å²) >= 11 is 0. The molecule has 1 aliphatic heterocycles. The number of hydrogen-bond acceptors (Lipinski definition) is 2. The van der Waals surface area contributed by atoms with E-state index in [1.54, 1.807) is 6.07 Å². The Morgan fingerprint density at radius 2 is 1.96 bits per heavy atom. The number of piperidine rings is 1. The Morgan fingerprint density at radius 1 is 1.19 bits per heavy atom. The summed E-state index contributed by atoms with van der Waals surface area (Å²) in [4.78, 5) is 13.1. The zero-order valence-electron chi connectivity index (χ0n) is 15.0. The van der Waals surface area contributed by atoms with Gasteiger partial charge in [-0.15, -0.1) is 0 Å². The Labute approximate surface area is 152 Å². The van der Waals surface area contributed by atoms with E-state index in [2.05, 4.69) is 10.6 Å². The van der Waals surface area contributed by atoms with E-state index in [0.717, 1.165) is 51.3 Å². The van der Waals surface area contributed by atoms with Gasteiger partial charge < -0.3 is 10.6 Å². The molecular weight excluding hydrogens is 341 g/mol. The second-order valence-electron chi connectivity index (χ2n) is 7.64. The molecule has 0 aromatic heterocycles. The number of nitrogens with one attached hydrogen (secondary N) is 2. The molecule has 1 aromatic carbocycles. The molecule has 1 amide bonds. The quantitative estimate of drug-likeness (QED) is 0.843. The highest BCUT2D eigenvalue weighted by molar-refractivity contribution is 5.88. The van der Waals surface area contributed by atoms with Crippen LogP contribution in [0.5, 0.6) is 0 Å².